The van der Waals surface area contributed by atoms with Crippen molar-refractivity contribution >= 4 is 41.3 Å². The highest BCUT2D eigenvalue weighted by atomic mass is 127. The van der Waals surface area contributed by atoms with Gasteiger partial charge in [0.2, 0.25) is 0 Å². The van der Waals surface area contributed by atoms with Crippen LogP contribution in [-0.4, -0.2) is 33.8 Å². The van der Waals surface area contributed by atoms with Crippen molar-refractivity contribution in [2.75, 3.05) is 27.9 Å². The number of rotatable bonds is 8. The molecule has 0 unspecified atom stereocenters. The largest absolute Gasteiger partial charge is 0.496 e. The first-order valence-electron chi connectivity index (χ1n) is 8.04. The molecule has 0 fully saturated rings. The Morgan fingerprint density at radius 1 is 1.08 bits per heavy atom. The van der Waals surface area contributed by atoms with Crippen molar-refractivity contribution in [3.63, 3.8) is 0 Å². The van der Waals surface area contributed by atoms with Gasteiger partial charge in [0, 0.05) is 18.7 Å². The number of guanidine groups is 1. The van der Waals surface area contributed by atoms with Crippen molar-refractivity contribution in [3.8, 4) is 17.2 Å². The Hall–Kier alpha value is -1.68. The predicted molar refractivity (Wildman–Crippen MR) is 117 cm³/mol. The molecule has 0 aliphatic carbocycles. The average Bonchev–Trinajstić information content (AvgIpc) is 3.16. The Kier molecular flexibility index (Phi) is 10.2. The highest BCUT2D eigenvalue weighted by Gasteiger charge is 2.13. The fourth-order valence-corrected chi connectivity index (χ4v) is 2.98. The molecule has 0 aliphatic rings. The first kappa shape index (κ1) is 22.4. The summed E-state index contributed by atoms with van der Waals surface area (Å²) in [5.74, 6) is 2.85. The number of thiophene rings is 1. The molecule has 2 N–H and O–H groups in total. The molecule has 2 rings (SSSR count). The van der Waals surface area contributed by atoms with E-state index in [-0.39, 0.29) is 24.0 Å². The van der Waals surface area contributed by atoms with Crippen LogP contribution in [0.1, 0.15) is 18.1 Å². The number of nitrogens with zero attached hydrogens (tertiary/aromatic N) is 1. The van der Waals surface area contributed by atoms with Crippen LogP contribution in [0.5, 0.6) is 17.2 Å². The standard InChI is InChI=1S/C18H25N3O3S.HI/c1-5-19-18(20-10-13-6-7-25-12-13)21-11-15-16(23-3)8-14(22-2)9-17(15)24-4;/h6-9,12H,5,10-11H2,1-4H3,(H2,19,20,21);1H. The van der Waals surface area contributed by atoms with Crippen LogP contribution in [0.2, 0.25) is 0 Å². The molecule has 1 heterocycles. The van der Waals surface area contributed by atoms with E-state index in [0.717, 1.165) is 18.1 Å². The zero-order chi connectivity index (χ0) is 18.1. The Morgan fingerprint density at radius 2 is 1.77 bits per heavy atom. The Bertz CT molecular complexity index is 668. The summed E-state index contributed by atoms with van der Waals surface area (Å²) >= 11 is 1.67. The maximum atomic E-state index is 5.48. The summed E-state index contributed by atoms with van der Waals surface area (Å²) in [6, 6.07) is 5.76. The third-order valence-electron chi connectivity index (χ3n) is 3.59. The minimum atomic E-state index is 0. The molecule has 1 aromatic heterocycles. The minimum absolute atomic E-state index is 0. The van der Waals surface area contributed by atoms with E-state index in [1.165, 1.54) is 5.56 Å². The van der Waals surface area contributed by atoms with Crippen molar-refractivity contribution < 1.29 is 14.2 Å². The second-order valence-electron chi connectivity index (χ2n) is 5.19. The molecule has 0 radical (unpaired) electrons. The van der Waals surface area contributed by atoms with E-state index < -0.39 is 0 Å². The van der Waals surface area contributed by atoms with Crippen molar-refractivity contribution in [1.29, 1.82) is 0 Å². The maximum Gasteiger partial charge on any atom is 0.191 e. The maximum absolute atomic E-state index is 5.48. The van der Waals surface area contributed by atoms with Gasteiger partial charge in [-0.3, -0.25) is 0 Å². The number of hydrogen-bond donors (Lipinski definition) is 2. The smallest absolute Gasteiger partial charge is 0.191 e. The molecule has 0 amide bonds. The summed E-state index contributed by atoms with van der Waals surface area (Å²) in [4.78, 5) is 4.61. The zero-order valence-corrected chi connectivity index (χ0v) is 18.6. The lowest BCUT2D eigenvalue weighted by molar-refractivity contribution is 0.368. The van der Waals surface area contributed by atoms with E-state index in [2.05, 4.69) is 32.5 Å². The van der Waals surface area contributed by atoms with Crippen molar-refractivity contribution in [2.45, 2.75) is 20.0 Å². The highest BCUT2D eigenvalue weighted by Crippen LogP contribution is 2.33. The summed E-state index contributed by atoms with van der Waals surface area (Å²) in [5, 5.41) is 10.7. The summed E-state index contributed by atoms with van der Waals surface area (Å²) in [5.41, 5.74) is 2.11. The number of benzene rings is 1. The lowest BCUT2D eigenvalue weighted by atomic mass is 10.1. The molecule has 8 heteroatoms. The van der Waals surface area contributed by atoms with Crippen LogP contribution in [0.15, 0.2) is 34.0 Å². The molecular formula is C18H26IN3O3S. The van der Waals surface area contributed by atoms with Crippen LogP contribution < -0.4 is 24.8 Å². The van der Waals surface area contributed by atoms with Crippen LogP contribution in [0.3, 0.4) is 0 Å². The van der Waals surface area contributed by atoms with Crippen molar-refractivity contribution in [2.24, 2.45) is 4.99 Å². The molecule has 144 valence electrons. The van der Waals surface area contributed by atoms with Crippen LogP contribution in [0.25, 0.3) is 0 Å². The Labute approximate surface area is 176 Å². The minimum Gasteiger partial charge on any atom is -0.496 e. The lowest BCUT2D eigenvalue weighted by Crippen LogP contribution is -2.37. The molecule has 26 heavy (non-hydrogen) atoms. The molecule has 0 saturated carbocycles. The van der Waals surface area contributed by atoms with Crippen LogP contribution >= 0.6 is 35.3 Å². The van der Waals surface area contributed by atoms with Crippen LogP contribution in [-0.2, 0) is 13.1 Å². The third-order valence-corrected chi connectivity index (χ3v) is 4.33. The van der Waals surface area contributed by atoms with Crippen LogP contribution in [0, 0.1) is 0 Å². The second-order valence-corrected chi connectivity index (χ2v) is 5.97. The quantitative estimate of drug-likeness (QED) is 0.336. The van der Waals surface area contributed by atoms with E-state index in [0.29, 0.717) is 30.3 Å². The Morgan fingerprint density at radius 3 is 2.27 bits per heavy atom. The van der Waals surface area contributed by atoms with E-state index in [4.69, 9.17) is 14.2 Å². The summed E-state index contributed by atoms with van der Waals surface area (Å²) in [6.07, 6.45) is 0. The number of halogens is 1. The fourth-order valence-electron chi connectivity index (χ4n) is 2.32. The van der Waals surface area contributed by atoms with Crippen molar-refractivity contribution in [1.82, 2.24) is 10.6 Å². The summed E-state index contributed by atoms with van der Waals surface area (Å²) in [7, 11) is 4.88. The molecule has 1 aromatic carbocycles. The zero-order valence-electron chi connectivity index (χ0n) is 15.5. The number of ether oxygens (including phenoxy) is 3. The number of hydrogen-bond acceptors (Lipinski definition) is 5. The van der Waals surface area contributed by atoms with Gasteiger partial charge in [-0.2, -0.15) is 11.3 Å². The molecule has 0 saturated heterocycles. The van der Waals surface area contributed by atoms with E-state index in [1.54, 1.807) is 32.7 Å². The monoisotopic (exact) mass is 491 g/mol. The van der Waals surface area contributed by atoms with Gasteiger partial charge in [0.25, 0.3) is 0 Å². The van der Waals surface area contributed by atoms with Crippen LogP contribution in [0.4, 0.5) is 0 Å². The predicted octanol–water partition coefficient (Wildman–Crippen LogP) is 3.65. The lowest BCUT2D eigenvalue weighted by Gasteiger charge is -2.17. The SMILES string of the molecule is CCNC(=NCc1ccsc1)NCc1c(OC)cc(OC)cc1OC.I. The first-order chi connectivity index (χ1) is 12.2. The molecule has 2 aromatic rings. The fraction of sp³-hybridized carbons (Fsp3) is 0.389. The molecule has 0 spiro atoms. The van der Waals surface area contributed by atoms with Gasteiger partial charge in [0.05, 0.1) is 40.0 Å². The molecule has 0 aliphatic heterocycles. The van der Waals surface area contributed by atoms with Gasteiger partial charge < -0.3 is 24.8 Å². The van der Waals surface area contributed by atoms with Crippen molar-refractivity contribution in [3.05, 3.63) is 40.1 Å². The van der Waals surface area contributed by atoms with Gasteiger partial charge in [-0.05, 0) is 29.3 Å². The Balaban J connectivity index is 0.00000338. The van der Waals surface area contributed by atoms with E-state index in [9.17, 15) is 0 Å². The molecule has 6 nitrogen and oxygen atoms in total. The number of aliphatic imine (C=N–C) groups is 1. The molecule has 0 bridgehead atoms. The molecule has 0 atom stereocenters. The highest BCUT2D eigenvalue weighted by molar-refractivity contribution is 14.0. The van der Waals surface area contributed by atoms with Gasteiger partial charge in [0.15, 0.2) is 5.96 Å². The van der Waals surface area contributed by atoms with Gasteiger partial charge in [-0.15, -0.1) is 24.0 Å². The topological polar surface area (TPSA) is 64.1 Å². The van der Waals surface area contributed by atoms with E-state index >= 15 is 0 Å². The summed E-state index contributed by atoms with van der Waals surface area (Å²) in [6.45, 7) is 3.98. The van der Waals surface area contributed by atoms with Gasteiger partial charge in [-0.1, -0.05) is 0 Å². The number of methoxy groups -OCH3 is 3. The summed E-state index contributed by atoms with van der Waals surface area (Å²) < 4.78 is 16.2. The van der Waals surface area contributed by atoms with Gasteiger partial charge in [0.1, 0.15) is 17.2 Å². The number of nitrogens with one attached hydrogen (secondary N) is 2. The van der Waals surface area contributed by atoms with Gasteiger partial charge >= 0.3 is 0 Å². The van der Waals surface area contributed by atoms with E-state index in [1.807, 2.05) is 19.1 Å². The average molecular weight is 491 g/mol. The van der Waals surface area contributed by atoms with Gasteiger partial charge in [-0.25, -0.2) is 4.99 Å². The third kappa shape index (κ3) is 6.24. The molecular weight excluding hydrogens is 465 g/mol. The first-order valence-corrected chi connectivity index (χ1v) is 8.98. The second kappa shape index (κ2) is 11.8. The normalized spacial score (nSPS) is 10.7.